The van der Waals surface area contributed by atoms with Crippen LogP contribution >= 0.6 is 11.6 Å². The summed E-state index contributed by atoms with van der Waals surface area (Å²) in [5.74, 6) is 0.283. The second kappa shape index (κ2) is 8.86. The zero-order valence-electron chi connectivity index (χ0n) is 16.6. The van der Waals surface area contributed by atoms with Gasteiger partial charge in [0.05, 0.1) is 13.5 Å². The monoisotopic (exact) mass is 453 g/mol. The van der Waals surface area contributed by atoms with E-state index < -0.39 is 11.6 Å². The number of hydrogen-bond donors (Lipinski definition) is 3. The number of ether oxygens (including phenoxy) is 1. The molecule has 0 fully saturated rings. The summed E-state index contributed by atoms with van der Waals surface area (Å²) in [6.45, 7) is 0. The number of Topliss-reactive ketones (excluding diaryl/α,β-unsaturated/α-hetero) is 1. The lowest BCUT2D eigenvalue weighted by atomic mass is 10.1. The molecule has 4 rings (SSSR count). The number of nitrogens with zero attached hydrogens (tertiary/aromatic N) is 4. The third-order valence-corrected chi connectivity index (χ3v) is 4.68. The van der Waals surface area contributed by atoms with Crippen LogP contribution < -0.4 is 20.9 Å². The van der Waals surface area contributed by atoms with Crippen LogP contribution in [0.1, 0.15) is 16.1 Å². The molecule has 4 aromatic rings. The van der Waals surface area contributed by atoms with Gasteiger partial charge >= 0.3 is 6.03 Å². The van der Waals surface area contributed by atoms with Crippen LogP contribution in [0.15, 0.2) is 53.3 Å². The standard InChI is InChI=1S/C20H16ClN7O4/c1-32-14-8-2-11(3-9-14)16(29)10-15-17(30)27-28-18(23-15)25-26-19(28)24-20(31)22-13-6-4-12(21)5-7-13/h2-9H,10H2,1H3,(H,27,30)(H2,22,24,26,31). The molecule has 3 N–H and O–H groups in total. The van der Waals surface area contributed by atoms with Gasteiger partial charge in [0.15, 0.2) is 5.78 Å². The highest BCUT2D eigenvalue weighted by Gasteiger charge is 2.16. The summed E-state index contributed by atoms with van der Waals surface area (Å²) in [6.07, 6.45) is -0.231. The fourth-order valence-electron chi connectivity index (χ4n) is 2.82. The smallest absolute Gasteiger partial charge is 0.326 e. The number of aromatic nitrogens is 5. The molecule has 2 aromatic heterocycles. The maximum Gasteiger partial charge on any atom is 0.326 e. The average molecular weight is 454 g/mol. The summed E-state index contributed by atoms with van der Waals surface area (Å²) in [7, 11) is 1.53. The van der Waals surface area contributed by atoms with Gasteiger partial charge in [-0.2, -0.15) is 4.52 Å². The number of halogens is 1. The average Bonchev–Trinajstić information content (AvgIpc) is 3.16. The third-order valence-electron chi connectivity index (χ3n) is 4.42. The summed E-state index contributed by atoms with van der Waals surface area (Å²) in [5, 5.41) is 15.8. The van der Waals surface area contributed by atoms with E-state index in [1.54, 1.807) is 48.5 Å². The molecule has 11 nitrogen and oxygen atoms in total. The van der Waals surface area contributed by atoms with Crippen LogP contribution in [-0.2, 0) is 6.42 Å². The highest BCUT2D eigenvalue weighted by atomic mass is 35.5. The largest absolute Gasteiger partial charge is 0.497 e. The molecule has 0 bridgehead atoms. The van der Waals surface area contributed by atoms with E-state index in [4.69, 9.17) is 16.3 Å². The van der Waals surface area contributed by atoms with Crippen molar-refractivity contribution >= 4 is 40.8 Å². The van der Waals surface area contributed by atoms with Crippen molar-refractivity contribution in [1.82, 2.24) is 24.8 Å². The topological polar surface area (TPSA) is 143 Å². The Kier molecular flexibility index (Phi) is 5.81. The number of fused-ring (bicyclic) bond motifs is 1. The Morgan fingerprint density at radius 1 is 1.06 bits per heavy atom. The Labute approximate surface area is 185 Å². The van der Waals surface area contributed by atoms with Gasteiger partial charge < -0.3 is 10.1 Å². The van der Waals surface area contributed by atoms with Gasteiger partial charge in [-0.05, 0) is 48.5 Å². The molecule has 162 valence electrons. The second-order valence-electron chi connectivity index (χ2n) is 6.57. The fourth-order valence-corrected chi connectivity index (χ4v) is 2.94. The maximum absolute atomic E-state index is 12.5. The van der Waals surface area contributed by atoms with E-state index in [0.29, 0.717) is 22.0 Å². The molecule has 0 aliphatic rings. The summed E-state index contributed by atoms with van der Waals surface area (Å²) < 4.78 is 6.18. The van der Waals surface area contributed by atoms with Crippen molar-refractivity contribution in [2.45, 2.75) is 6.42 Å². The number of amides is 2. The van der Waals surface area contributed by atoms with Gasteiger partial charge in [0.2, 0.25) is 0 Å². The lowest BCUT2D eigenvalue weighted by molar-refractivity contribution is 0.0991. The van der Waals surface area contributed by atoms with E-state index in [1.165, 1.54) is 7.11 Å². The Morgan fingerprint density at radius 2 is 1.78 bits per heavy atom. The Morgan fingerprint density at radius 3 is 2.47 bits per heavy atom. The molecule has 2 amide bonds. The Hall–Kier alpha value is -4.25. The lowest BCUT2D eigenvalue weighted by Crippen LogP contribution is -2.25. The Bertz CT molecular complexity index is 1350. The first-order chi connectivity index (χ1) is 15.4. The third kappa shape index (κ3) is 4.57. The van der Waals surface area contributed by atoms with Crippen molar-refractivity contribution in [3.05, 3.63) is 75.2 Å². The molecule has 2 aromatic carbocycles. The zero-order chi connectivity index (χ0) is 22.7. The van der Waals surface area contributed by atoms with E-state index in [1.807, 2.05) is 0 Å². The van der Waals surface area contributed by atoms with Crippen molar-refractivity contribution in [1.29, 1.82) is 0 Å². The van der Waals surface area contributed by atoms with Crippen LogP contribution in [0, 0.1) is 0 Å². The lowest BCUT2D eigenvalue weighted by Gasteiger charge is -2.06. The minimum atomic E-state index is -0.611. The van der Waals surface area contributed by atoms with Crippen LogP contribution in [-0.4, -0.2) is 43.7 Å². The number of carbonyl (C=O) groups is 2. The zero-order valence-corrected chi connectivity index (χ0v) is 17.4. The van der Waals surface area contributed by atoms with Gasteiger partial charge in [-0.25, -0.2) is 9.78 Å². The van der Waals surface area contributed by atoms with Gasteiger partial charge in [0.25, 0.3) is 17.3 Å². The number of H-pyrrole nitrogens is 1. The molecule has 0 atom stereocenters. The quantitative estimate of drug-likeness (QED) is 0.380. The number of nitrogens with one attached hydrogen (secondary N) is 3. The normalized spacial score (nSPS) is 10.7. The number of methoxy groups -OCH3 is 1. The molecule has 2 heterocycles. The number of urea groups is 1. The Balaban J connectivity index is 1.50. The molecule has 0 radical (unpaired) electrons. The van der Waals surface area contributed by atoms with E-state index in [0.717, 1.165) is 4.52 Å². The maximum atomic E-state index is 12.5. The van der Waals surface area contributed by atoms with Gasteiger partial charge in [0, 0.05) is 16.3 Å². The molecule has 0 aliphatic heterocycles. The van der Waals surface area contributed by atoms with Crippen LogP contribution in [0.3, 0.4) is 0 Å². The van der Waals surface area contributed by atoms with Crippen molar-refractivity contribution < 1.29 is 14.3 Å². The van der Waals surface area contributed by atoms with Gasteiger partial charge in [-0.3, -0.25) is 20.0 Å². The summed E-state index contributed by atoms with van der Waals surface area (Å²) in [6, 6.07) is 12.4. The molecular weight excluding hydrogens is 438 g/mol. The van der Waals surface area contributed by atoms with Crippen molar-refractivity contribution in [3.8, 4) is 5.75 Å². The van der Waals surface area contributed by atoms with E-state index in [-0.39, 0.29) is 29.6 Å². The molecule has 0 saturated heterocycles. The molecule has 0 unspecified atom stereocenters. The molecular formula is C20H16ClN7O4. The first-order valence-corrected chi connectivity index (χ1v) is 9.66. The molecule has 12 heteroatoms. The first kappa shape index (κ1) is 21.0. The van der Waals surface area contributed by atoms with Gasteiger partial charge in [0.1, 0.15) is 11.4 Å². The highest BCUT2D eigenvalue weighted by Crippen LogP contribution is 2.15. The molecule has 0 spiro atoms. The van der Waals surface area contributed by atoms with Crippen LogP contribution in [0.4, 0.5) is 16.4 Å². The van der Waals surface area contributed by atoms with Gasteiger partial charge in [-0.1, -0.05) is 11.6 Å². The minimum Gasteiger partial charge on any atom is -0.497 e. The summed E-state index contributed by atoms with van der Waals surface area (Å²) >= 11 is 5.82. The van der Waals surface area contributed by atoms with Crippen molar-refractivity contribution in [2.24, 2.45) is 0 Å². The van der Waals surface area contributed by atoms with E-state index in [2.05, 4.69) is 30.9 Å². The number of hydrogen-bond acceptors (Lipinski definition) is 7. The number of carbonyl (C=O) groups excluding carboxylic acids is 2. The first-order valence-electron chi connectivity index (χ1n) is 9.28. The molecule has 32 heavy (non-hydrogen) atoms. The minimum absolute atomic E-state index is 0.0175. The number of anilines is 2. The van der Waals surface area contributed by atoms with E-state index in [9.17, 15) is 14.4 Å². The predicted octanol–water partition coefficient (Wildman–Crippen LogP) is 2.54. The fraction of sp³-hybridized carbons (Fsp3) is 0.100. The SMILES string of the molecule is COc1ccc(C(=O)Cc2nc3nnc(NC(=O)Nc4ccc(Cl)cc4)n3[nH]c2=O)cc1. The molecule has 0 saturated carbocycles. The van der Waals surface area contributed by atoms with Gasteiger partial charge in [-0.15, -0.1) is 10.2 Å². The highest BCUT2D eigenvalue weighted by molar-refractivity contribution is 6.30. The number of benzene rings is 2. The summed E-state index contributed by atoms with van der Waals surface area (Å²) in [4.78, 5) is 41.3. The van der Waals surface area contributed by atoms with Crippen molar-refractivity contribution in [2.75, 3.05) is 17.7 Å². The number of aromatic amines is 1. The second-order valence-corrected chi connectivity index (χ2v) is 7.01. The van der Waals surface area contributed by atoms with Crippen LogP contribution in [0.5, 0.6) is 5.75 Å². The van der Waals surface area contributed by atoms with Crippen molar-refractivity contribution in [3.63, 3.8) is 0 Å². The molecule has 0 aliphatic carbocycles. The number of ketones is 1. The predicted molar refractivity (Wildman–Crippen MR) is 117 cm³/mol. The summed E-state index contributed by atoms with van der Waals surface area (Å²) in [5.41, 5.74) is 0.282. The van der Waals surface area contributed by atoms with E-state index >= 15 is 0 Å². The number of rotatable bonds is 6. The van der Waals surface area contributed by atoms with Crippen LogP contribution in [0.2, 0.25) is 5.02 Å². The van der Waals surface area contributed by atoms with Crippen LogP contribution in [0.25, 0.3) is 5.78 Å².